The molecule has 1 N–H and O–H groups in total. The van der Waals surface area contributed by atoms with Crippen molar-refractivity contribution in [1.82, 2.24) is 8.96 Å². The predicted molar refractivity (Wildman–Crippen MR) is 54.1 cm³/mol. The number of hydrogen-bond acceptors (Lipinski definition) is 3. The molecule has 0 fully saturated rings. The second-order valence-corrected chi connectivity index (χ2v) is 4.71. The zero-order valence-electron chi connectivity index (χ0n) is 7.62. The third kappa shape index (κ3) is 1.71. The molecule has 0 bridgehead atoms. The fraction of sp³-hybridized carbons (Fsp3) is 0. The fourth-order valence-electron chi connectivity index (χ4n) is 1.17. The molecule has 2 aromatic rings. The number of aromatic amines is 1. The van der Waals surface area contributed by atoms with Gasteiger partial charge < -0.3 is 4.98 Å². The van der Waals surface area contributed by atoms with Crippen LogP contribution in [-0.2, 0) is 10.0 Å². The summed E-state index contributed by atoms with van der Waals surface area (Å²) in [7, 11) is -3.66. The second kappa shape index (κ2) is 3.39. The molecule has 0 aliphatic rings. The molecule has 0 saturated carbocycles. The van der Waals surface area contributed by atoms with Gasteiger partial charge in [-0.25, -0.2) is 3.97 Å². The highest BCUT2D eigenvalue weighted by molar-refractivity contribution is 7.89. The van der Waals surface area contributed by atoms with Crippen LogP contribution < -0.4 is 5.56 Å². The minimum absolute atomic E-state index is 0.119. The summed E-state index contributed by atoms with van der Waals surface area (Å²) < 4.78 is 24.7. The summed E-state index contributed by atoms with van der Waals surface area (Å²) in [5.74, 6) is 0. The van der Waals surface area contributed by atoms with Gasteiger partial charge in [0, 0.05) is 18.5 Å². The zero-order chi connectivity index (χ0) is 10.9. The van der Waals surface area contributed by atoms with Crippen molar-refractivity contribution in [3.8, 4) is 0 Å². The molecule has 0 amide bonds. The SMILES string of the molecule is O=c1cccc(S(=O)(=O)n2cccc2)[nH]1. The molecule has 2 rings (SSSR count). The summed E-state index contributed by atoms with van der Waals surface area (Å²) in [5, 5.41) is -0.119. The third-order valence-corrected chi connectivity index (χ3v) is 3.47. The van der Waals surface area contributed by atoms with E-state index in [1.54, 1.807) is 12.1 Å². The van der Waals surface area contributed by atoms with Gasteiger partial charge in [0.25, 0.3) is 10.0 Å². The van der Waals surface area contributed by atoms with Crippen LogP contribution in [0.4, 0.5) is 0 Å². The number of H-pyrrole nitrogens is 1. The van der Waals surface area contributed by atoms with Gasteiger partial charge >= 0.3 is 0 Å². The van der Waals surface area contributed by atoms with Crippen molar-refractivity contribution in [2.75, 3.05) is 0 Å². The van der Waals surface area contributed by atoms with Gasteiger partial charge in [-0.1, -0.05) is 6.07 Å². The van der Waals surface area contributed by atoms with E-state index in [2.05, 4.69) is 4.98 Å². The summed E-state index contributed by atoms with van der Waals surface area (Å²) in [6, 6.07) is 7.19. The summed E-state index contributed by atoms with van der Waals surface area (Å²) in [6.45, 7) is 0. The molecular weight excluding hydrogens is 216 g/mol. The van der Waals surface area contributed by atoms with E-state index in [-0.39, 0.29) is 5.03 Å². The van der Waals surface area contributed by atoms with E-state index < -0.39 is 15.6 Å². The lowest BCUT2D eigenvalue weighted by molar-refractivity contribution is 0.583. The van der Waals surface area contributed by atoms with E-state index >= 15 is 0 Å². The van der Waals surface area contributed by atoms with Gasteiger partial charge in [-0.05, 0) is 18.2 Å². The lowest BCUT2D eigenvalue weighted by Gasteiger charge is -2.03. The maximum atomic E-state index is 11.8. The minimum atomic E-state index is -3.66. The Bertz CT molecular complexity index is 611. The first-order valence-corrected chi connectivity index (χ1v) is 5.62. The molecule has 0 atom stereocenters. The van der Waals surface area contributed by atoms with E-state index in [4.69, 9.17) is 0 Å². The van der Waals surface area contributed by atoms with Crippen molar-refractivity contribution in [1.29, 1.82) is 0 Å². The lowest BCUT2D eigenvalue weighted by atomic mass is 10.5. The highest BCUT2D eigenvalue weighted by Gasteiger charge is 2.15. The molecule has 2 aromatic heterocycles. The molecule has 0 aliphatic carbocycles. The highest BCUT2D eigenvalue weighted by atomic mass is 32.2. The number of nitrogens with zero attached hydrogens (tertiary/aromatic N) is 1. The van der Waals surface area contributed by atoms with Crippen molar-refractivity contribution in [3.05, 3.63) is 53.1 Å². The topological polar surface area (TPSA) is 71.9 Å². The van der Waals surface area contributed by atoms with E-state index in [0.717, 1.165) is 3.97 Å². The Balaban J connectivity index is 2.62. The second-order valence-electron chi connectivity index (χ2n) is 2.90. The first-order chi connectivity index (χ1) is 7.10. The summed E-state index contributed by atoms with van der Waals surface area (Å²) in [6.07, 6.45) is 2.81. The van der Waals surface area contributed by atoms with Gasteiger partial charge in [-0.15, -0.1) is 0 Å². The molecular formula is C9H8N2O3S. The summed E-state index contributed by atoms with van der Waals surface area (Å²) in [4.78, 5) is 13.2. The van der Waals surface area contributed by atoms with Gasteiger partial charge in [-0.3, -0.25) is 4.79 Å². The van der Waals surface area contributed by atoms with Crippen LogP contribution in [0.2, 0.25) is 0 Å². The van der Waals surface area contributed by atoms with Crippen LogP contribution in [0.25, 0.3) is 0 Å². The Morgan fingerprint density at radius 1 is 1.07 bits per heavy atom. The van der Waals surface area contributed by atoms with Crippen LogP contribution >= 0.6 is 0 Å². The third-order valence-electron chi connectivity index (χ3n) is 1.87. The molecule has 0 radical (unpaired) electrons. The van der Waals surface area contributed by atoms with E-state index in [1.807, 2.05) is 0 Å². The number of rotatable bonds is 2. The van der Waals surface area contributed by atoms with Crippen molar-refractivity contribution in [3.63, 3.8) is 0 Å². The van der Waals surface area contributed by atoms with Crippen molar-refractivity contribution < 1.29 is 8.42 Å². The Morgan fingerprint density at radius 3 is 2.33 bits per heavy atom. The molecule has 0 unspecified atom stereocenters. The van der Waals surface area contributed by atoms with Crippen LogP contribution in [-0.4, -0.2) is 17.4 Å². The van der Waals surface area contributed by atoms with Crippen LogP contribution in [0.1, 0.15) is 0 Å². The number of aromatic nitrogens is 2. The minimum Gasteiger partial charge on any atom is -0.311 e. The number of pyridine rings is 1. The normalized spacial score (nSPS) is 11.5. The molecule has 0 spiro atoms. The Kier molecular flexibility index (Phi) is 2.20. The van der Waals surface area contributed by atoms with Crippen LogP contribution in [0.15, 0.2) is 52.5 Å². The van der Waals surface area contributed by atoms with Gasteiger partial charge in [0.2, 0.25) is 5.56 Å². The zero-order valence-corrected chi connectivity index (χ0v) is 8.44. The Hall–Kier alpha value is -1.82. The van der Waals surface area contributed by atoms with E-state index in [0.29, 0.717) is 0 Å². The first-order valence-electron chi connectivity index (χ1n) is 4.18. The van der Waals surface area contributed by atoms with Crippen LogP contribution in [0, 0.1) is 0 Å². The summed E-state index contributed by atoms with van der Waals surface area (Å²) >= 11 is 0. The molecule has 0 saturated heterocycles. The smallest absolute Gasteiger partial charge is 0.283 e. The van der Waals surface area contributed by atoms with E-state index in [1.165, 1.54) is 30.6 Å². The Labute approximate surface area is 86.0 Å². The summed E-state index contributed by atoms with van der Waals surface area (Å²) in [5.41, 5.74) is -0.441. The quantitative estimate of drug-likeness (QED) is 0.803. The van der Waals surface area contributed by atoms with E-state index in [9.17, 15) is 13.2 Å². The average molecular weight is 224 g/mol. The molecule has 6 heteroatoms. The number of nitrogens with one attached hydrogen (secondary N) is 1. The maximum Gasteiger partial charge on any atom is 0.283 e. The predicted octanol–water partition coefficient (Wildman–Crippen LogP) is 0.413. The van der Waals surface area contributed by atoms with Crippen molar-refractivity contribution >= 4 is 10.0 Å². The first kappa shape index (κ1) is 9.72. The van der Waals surface area contributed by atoms with Crippen LogP contribution in [0.5, 0.6) is 0 Å². The highest BCUT2D eigenvalue weighted by Crippen LogP contribution is 2.08. The molecule has 0 aromatic carbocycles. The lowest BCUT2D eigenvalue weighted by Crippen LogP contribution is -2.16. The molecule has 78 valence electrons. The van der Waals surface area contributed by atoms with Crippen molar-refractivity contribution in [2.24, 2.45) is 0 Å². The largest absolute Gasteiger partial charge is 0.311 e. The monoisotopic (exact) mass is 224 g/mol. The Morgan fingerprint density at radius 2 is 1.73 bits per heavy atom. The standard InChI is InChI=1S/C9H8N2O3S/c12-8-4-3-5-9(10-8)15(13,14)11-6-1-2-7-11/h1-7H,(H,10,12). The molecule has 0 aliphatic heterocycles. The molecule has 5 nitrogen and oxygen atoms in total. The number of hydrogen-bond donors (Lipinski definition) is 1. The van der Waals surface area contributed by atoms with Gasteiger partial charge in [0.1, 0.15) is 0 Å². The maximum absolute atomic E-state index is 11.8. The van der Waals surface area contributed by atoms with Gasteiger partial charge in [0.15, 0.2) is 5.03 Å². The molecule has 15 heavy (non-hydrogen) atoms. The van der Waals surface area contributed by atoms with Crippen molar-refractivity contribution in [2.45, 2.75) is 5.03 Å². The average Bonchev–Trinajstić information content (AvgIpc) is 2.71. The van der Waals surface area contributed by atoms with Crippen LogP contribution in [0.3, 0.4) is 0 Å². The molecule has 2 heterocycles. The van der Waals surface area contributed by atoms with Gasteiger partial charge in [0.05, 0.1) is 0 Å². The van der Waals surface area contributed by atoms with Gasteiger partial charge in [-0.2, -0.15) is 8.42 Å². The fourth-order valence-corrected chi connectivity index (χ4v) is 2.34.